The zero-order valence-corrected chi connectivity index (χ0v) is 21.6. The molecule has 0 amide bonds. The van der Waals surface area contributed by atoms with E-state index < -0.39 is 10.0 Å². The van der Waals surface area contributed by atoms with Crippen LogP contribution in [0.4, 0.5) is 5.95 Å². The van der Waals surface area contributed by atoms with Crippen molar-refractivity contribution in [3.8, 4) is 28.4 Å². The third-order valence-electron chi connectivity index (χ3n) is 6.45. The Bertz CT molecular complexity index is 1720. The number of sulfonamides is 1. The van der Waals surface area contributed by atoms with Gasteiger partial charge in [0, 0.05) is 42.1 Å². The van der Waals surface area contributed by atoms with E-state index in [2.05, 4.69) is 15.3 Å². The lowest BCUT2D eigenvalue weighted by Crippen LogP contribution is -2.45. The van der Waals surface area contributed by atoms with Crippen LogP contribution in [0.5, 0.6) is 5.75 Å². The van der Waals surface area contributed by atoms with Crippen molar-refractivity contribution in [2.24, 2.45) is 0 Å². The van der Waals surface area contributed by atoms with Gasteiger partial charge in [0.1, 0.15) is 23.4 Å². The number of hydrogen-bond donors (Lipinski definition) is 2. The Morgan fingerprint density at radius 1 is 1.11 bits per heavy atom. The fraction of sp³-hybridized carbons (Fsp3) is 0.192. The second-order valence-electron chi connectivity index (χ2n) is 8.98. The van der Waals surface area contributed by atoms with E-state index in [0.29, 0.717) is 52.4 Å². The normalized spacial score (nSPS) is 16.6. The van der Waals surface area contributed by atoms with Gasteiger partial charge in [-0.3, -0.25) is 4.40 Å². The number of phenolic OH excluding ortho intramolecular Hbond substituents is 1. The standard InChI is InChI=1S/C26H23ClN6O4S/c27-18-6-8-21(9-7-18)38(35,36)32-12-2-4-19(16-32)29-25-28-11-10-22(30-25)24-23(17-3-1-5-20(34)15-17)31-26-33(24)13-14-37-26/h1,3,5-11,13-15,19,34H,2,4,12,16H2,(H,28,29,30)/t19-/m1/s1. The largest absolute Gasteiger partial charge is 0.508 e. The van der Waals surface area contributed by atoms with Crippen molar-refractivity contribution in [1.29, 1.82) is 0 Å². The van der Waals surface area contributed by atoms with Crippen LogP contribution < -0.4 is 5.32 Å². The lowest BCUT2D eigenvalue weighted by atomic mass is 10.1. The number of aromatic nitrogens is 4. The van der Waals surface area contributed by atoms with Crippen LogP contribution in [0.1, 0.15) is 12.8 Å². The molecule has 2 N–H and O–H groups in total. The quantitative estimate of drug-likeness (QED) is 0.312. The van der Waals surface area contributed by atoms with Gasteiger partial charge >= 0.3 is 5.84 Å². The van der Waals surface area contributed by atoms with Gasteiger partial charge in [-0.15, -0.1) is 0 Å². The van der Waals surface area contributed by atoms with Crippen molar-refractivity contribution in [2.75, 3.05) is 18.4 Å². The van der Waals surface area contributed by atoms with E-state index in [9.17, 15) is 13.5 Å². The van der Waals surface area contributed by atoms with Gasteiger partial charge in [-0.1, -0.05) is 23.7 Å². The molecule has 0 aliphatic carbocycles. The van der Waals surface area contributed by atoms with Gasteiger partial charge in [-0.25, -0.2) is 18.4 Å². The Balaban J connectivity index is 1.28. The van der Waals surface area contributed by atoms with E-state index in [4.69, 9.17) is 21.0 Å². The van der Waals surface area contributed by atoms with Crippen LogP contribution in [-0.4, -0.2) is 56.3 Å². The van der Waals surface area contributed by atoms with Crippen molar-refractivity contribution in [3.05, 3.63) is 78.3 Å². The molecular weight excluding hydrogens is 528 g/mol. The second kappa shape index (κ2) is 9.75. The smallest absolute Gasteiger partial charge is 0.306 e. The summed E-state index contributed by atoms with van der Waals surface area (Å²) in [4.78, 5) is 13.9. The third-order valence-corrected chi connectivity index (χ3v) is 8.58. The minimum absolute atomic E-state index is 0.124. The number of nitrogens with zero attached hydrogens (tertiary/aromatic N) is 5. The van der Waals surface area contributed by atoms with Crippen LogP contribution >= 0.6 is 11.6 Å². The molecule has 2 aromatic carbocycles. The molecule has 1 saturated heterocycles. The van der Waals surface area contributed by atoms with Crippen LogP contribution in [0.25, 0.3) is 28.5 Å². The van der Waals surface area contributed by atoms with E-state index in [1.165, 1.54) is 22.7 Å². The summed E-state index contributed by atoms with van der Waals surface area (Å²) in [5.41, 5.74) is 2.58. The molecule has 0 unspecified atom stereocenters. The highest BCUT2D eigenvalue weighted by Gasteiger charge is 2.30. The third kappa shape index (κ3) is 4.60. The van der Waals surface area contributed by atoms with Crippen LogP contribution in [0.15, 0.2) is 82.6 Å². The van der Waals surface area contributed by atoms with E-state index in [1.807, 2.05) is 6.07 Å². The highest BCUT2D eigenvalue weighted by molar-refractivity contribution is 7.89. The number of imidazole rings is 1. The molecule has 0 bridgehead atoms. The number of aromatic hydroxyl groups is 1. The van der Waals surface area contributed by atoms with Gasteiger partial charge in [0.05, 0.1) is 10.6 Å². The first-order valence-electron chi connectivity index (χ1n) is 12.0. The minimum Gasteiger partial charge on any atom is -0.508 e. The van der Waals surface area contributed by atoms with Gasteiger partial charge in [0.2, 0.25) is 16.0 Å². The van der Waals surface area contributed by atoms with Crippen LogP contribution in [0, 0.1) is 0 Å². The number of piperidine rings is 1. The molecule has 0 saturated carbocycles. The van der Waals surface area contributed by atoms with Crippen molar-refractivity contribution < 1.29 is 17.9 Å². The number of hydrogen-bond acceptors (Lipinski definition) is 8. The summed E-state index contributed by atoms with van der Waals surface area (Å²) in [6.45, 7) is 0.720. The predicted molar refractivity (Wildman–Crippen MR) is 142 cm³/mol. The summed E-state index contributed by atoms with van der Waals surface area (Å²) < 4.78 is 35.2. The summed E-state index contributed by atoms with van der Waals surface area (Å²) in [6.07, 6.45) is 6.40. The summed E-state index contributed by atoms with van der Waals surface area (Å²) in [5.74, 6) is 0.888. The van der Waals surface area contributed by atoms with Gasteiger partial charge in [-0.2, -0.15) is 9.29 Å². The monoisotopic (exact) mass is 550 g/mol. The first kappa shape index (κ1) is 24.4. The van der Waals surface area contributed by atoms with Gasteiger partial charge in [0.15, 0.2) is 0 Å². The number of fused-ring (bicyclic) bond motifs is 1. The lowest BCUT2D eigenvalue weighted by Gasteiger charge is -2.32. The summed E-state index contributed by atoms with van der Waals surface area (Å²) in [7, 11) is -3.65. The first-order valence-corrected chi connectivity index (χ1v) is 13.8. The van der Waals surface area contributed by atoms with Crippen LogP contribution in [-0.2, 0) is 10.0 Å². The molecule has 194 valence electrons. The molecule has 12 heteroatoms. The van der Waals surface area contributed by atoms with Crippen molar-refractivity contribution in [1.82, 2.24) is 23.7 Å². The van der Waals surface area contributed by atoms with Gasteiger partial charge < -0.3 is 14.8 Å². The number of oxazole rings is 1. The van der Waals surface area contributed by atoms with Crippen molar-refractivity contribution in [2.45, 2.75) is 23.8 Å². The molecule has 0 spiro atoms. The molecule has 0 radical (unpaired) electrons. The molecule has 10 nitrogen and oxygen atoms in total. The average Bonchev–Trinajstić information content (AvgIpc) is 3.51. The fourth-order valence-corrected chi connectivity index (χ4v) is 6.31. The molecule has 1 aliphatic heterocycles. The first-order chi connectivity index (χ1) is 18.4. The number of anilines is 1. The number of rotatable bonds is 6. The maximum Gasteiger partial charge on any atom is 0.306 e. The van der Waals surface area contributed by atoms with Crippen molar-refractivity contribution in [3.63, 3.8) is 0 Å². The SMILES string of the molecule is O=S(=O)(c1ccc(Cl)cc1)N1CCC[C@@H](Nc2nccc(-c3c(-c4cccc(O)c4)nc4occn34)n2)C1. The van der Waals surface area contributed by atoms with E-state index in [1.54, 1.807) is 53.2 Å². The zero-order chi connectivity index (χ0) is 26.3. The number of halogens is 1. The average molecular weight is 551 g/mol. The Morgan fingerprint density at radius 3 is 2.76 bits per heavy atom. The number of benzene rings is 2. The van der Waals surface area contributed by atoms with E-state index in [0.717, 1.165) is 6.42 Å². The summed E-state index contributed by atoms with van der Waals surface area (Å²) in [5, 5.41) is 13.8. The predicted octanol–water partition coefficient (Wildman–Crippen LogP) is 4.68. The summed E-state index contributed by atoms with van der Waals surface area (Å²) >= 11 is 5.93. The topological polar surface area (TPSA) is 126 Å². The van der Waals surface area contributed by atoms with Gasteiger partial charge in [0.25, 0.3) is 0 Å². The second-order valence-corrected chi connectivity index (χ2v) is 11.4. The zero-order valence-electron chi connectivity index (χ0n) is 20.0. The molecule has 6 rings (SSSR count). The van der Waals surface area contributed by atoms with E-state index >= 15 is 0 Å². The molecule has 1 atom stereocenters. The Kier molecular flexibility index (Phi) is 6.26. The maximum atomic E-state index is 13.2. The molecule has 4 heterocycles. The van der Waals surface area contributed by atoms with E-state index in [-0.39, 0.29) is 23.2 Å². The maximum absolute atomic E-state index is 13.2. The fourth-order valence-electron chi connectivity index (χ4n) is 4.66. The Labute approximate surface area is 223 Å². The van der Waals surface area contributed by atoms with Gasteiger partial charge in [-0.05, 0) is 55.3 Å². The van der Waals surface area contributed by atoms with Crippen molar-refractivity contribution >= 4 is 33.4 Å². The summed E-state index contributed by atoms with van der Waals surface area (Å²) in [6, 6.07) is 14.6. The van der Waals surface area contributed by atoms with Crippen LogP contribution in [0.3, 0.4) is 0 Å². The molecule has 1 aliphatic rings. The molecule has 1 fully saturated rings. The molecule has 38 heavy (non-hydrogen) atoms. The number of nitrogens with one attached hydrogen (secondary N) is 1. The highest BCUT2D eigenvalue weighted by atomic mass is 35.5. The highest BCUT2D eigenvalue weighted by Crippen LogP contribution is 2.34. The lowest BCUT2D eigenvalue weighted by molar-refractivity contribution is 0.326. The molecule has 3 aromatic heterocycles. The van der Waals surface area contributed by atoms with Crippen LogP contribution in [0.2, 0.25) is 5.02 Å². The molecule has 5 aromatic rings. The Hall–Kier alpha value is -3.93. The minimum atomic E-state index is -3.65. The Morgan fingerprint density at radius 2 is 1.95 bits per heavy atom. The molecular formula is C26H23ClN6O4S. The number of phenols is 1.